The molecule has 7 nitrogen and oxygen atoms in total. The Kier molecular flexibility index (Phi) is 5.56. The number of nitrogens with one attached hydrogen (secondary N) is 1. The number of aromatic nitrogens is 3. The summed E-state index contributed by atoms with van der Waals surface area (Å²) in [6.07, 6.45) is 3.72. The third-order valence-corrected chi connectivity index (χ3v) is 6.76. The summed E-state index contributed by atoms with van der Waals surface area (Å²) >= 11 is 1.38. The molecule has 2 aliphatic rings. The van der Waals surface area contributed by atoms with Gasteiger partial charge in [-0.2, -0.15) is 0 Å². The minimum Gasteiger partial charge on any atom is -0.507 e. The number of hydrogen-bond donors (Lipinski definition) is 2. The fourth-order valence-electron chi connectivity index (χ4n) is 4.18. The highest BCUT2D eigenvalue weighted by Crippen LogP contribution is 2.36. The van der Waals surface area contributed by atoms with E-state index in [1.54, 1.807) is 12.3 Å². The molecule has 2 fully saturated rings. The van der Waals surface area contributed by atoms with Gasteiger partial charge in [0.05, 0.1) is 22.2 Å². The SMILES string of the molecule is Cc1ncc(-c2cc(O)c(-c3ccc(N4CC[C@H](NC5CCOC5)C4)nn3)cc2F)s1. The van der Waals surface area contributed by atoms with Crippen LogP contribution in [0, 0.1) is 12.7 Å². The summed E-state index contributed by atoms with van der Waals surface area (Å²) in [5.41, 5.74) is 1.09. The van der Waals surface area contributed by atoms with Crippen LogP contribution in [-0.4, -0.2) is 58.7 Å². The van der Waals surface area contributed by atoms with Crippen molar-refractivity contribution in [3.8, 4) is 27.4 Å². The molecule has 2 aromatic heterocycles. The average Bonchev–Trinajstić information content (AvgIpc) is 3.53. The first kappa shape index (κ1) is 20.3. The summed E-state index contributed by atoms with van der Waals surface area (Å²) in [5.74, 6) is 0.327. The number of nitrogens with zero attached hydrogens (tertiary/aromatic N) is 4. The standard InChI is InChI=1S/C22H24FN5O2S/c1-13-24-10-21(31-13)16-9-20(29)17(8-18(16)23)19-2-3-22(27-26-19)28-6-4-14(11-28)25-15-5-7-30-12-15/h2-3,8-10,14-15,25,29H,4-7,11-12H2,1H3/t14-,15?/m0/s1. The van der Waals surface area contributed by atoms with Gasteiger partial charge in [-0.15, -0.1) is 21.5 Å². The van der Waals surface area contributed by atoms with E-state index in [2.05, 4.69) is 25.4 Å². The first-order valence-electron chi connectivity index (χ1n) is 10.4. The summed E-state index contributed by atoms with van der Waals surface area (Å²) in [5, 5.41) is 23.6. The summed E-state index contributed by atoms with van der Waals surface area (Å²) in [6, 6.07) is 7.24. The Morgan fingerprint density at radius 2 is 2.10 bits per heavy atom. The first-order chi connectivity index (χ1) is 15.1. The lowest BCUT2D eigenvalue weighted by Crippen LogP contribution is -2.40. The maximum absolute atomic E-state index is 14.7. The number of ether oxygens (including phenoxy) is 1. The third kappa shape index (κ3) is 4.26. The van der Waals surface area contributed by atoms with Crippen LogP contribution in [0.1, 0.15) is 17.8 Å². The number of anilines is 1. The van der Waals surface area contributed by atoms with Gasteiger partial charge in [0.15, 0.2) is 5.82 Å². The fourth-order valence-corrected chi connectivity index (χ4v) is 4.98. The number of rotatable bonds is 5. The van der Waals surface area contributed by atoms with Gasteiger partial charge in [0.1, 0.15) is 11.6 Å². The van der Waals surface area contributed by atoms with Crippen molar-refractivity contribution in [1.82, 2.24) is 20.5 Å². The van der Waals surface area contributed by atoms with E-state index in [1.807, 2.05) is 13.0 Å². The molecule has 5 rings (SSSR count). The van der Waals surface area contributed by atoms with Gasteiger partial charge >= 0.3 is 0 Å². The van der Waals surface area contributed by atoms with Gasteiger partial charge in [-0.1, -0.05) is 0 Å². The molecule has 0 amide bonds. The molecular formula is C22H24FN5O2S. The molecule has 1 aromatic carbocycles. The quantitative estimate of drug-likeness (QED) is 0.628. The number of phenols is 1. The Morgan fingerprint density at radius 3 is 2.81 bits per heavy atom. The number of aryl methyl sites for hydroxylation is 1. The predicted molar refractivity (Wildman–Crippen MR) is 118 cm³/mol. The van der Waals surface area contributed by atoms with E-state index in [-0.39, 0.29) is 5.75 Å². The Hall–Kier alpha value is -2.62. The van der Waals surface area contributed by atoms with E-state index >= 15 is 0 Å². The first-order valence-corrected chi connectivity index (χ1v) is 11.3. The van der Waals surface area contributed by atoms with Gasteiger partial charge < -0.3 is 20.1 Å². The molecule has 2 atom stereocenters. The van der Waals surface area contributed by atoms with Crippen LogP contribution in [-0.2, 0) is 4.74 Å². The van der Waals surface area contributed by atoms with Crippen LogP contribution in [0.25, 0.3) is 21.7 Å². The summed E-state index contributed by atoms with van der Waals surface area (Å²) < 4.78 is 20.2. The highest BCUT2D eigenvalue weighted by Gasteiger charge is 2.27. The minimum absolute atomic E-state index is 0.0336. The second-order valence-corrected chi connectivity index (χ2v) is 9.26. The number of aromatic hydroxyl groups is 1. The molecular weight excluding hydrogens is 417 g/mol. The average molecular weight is 442 g/mol. The van der Waals surface area contributed by atoms with Crippen LogP contribution in [0.3, 0.4) is 0 Å². The fraction of sp³-hybridized carbons (Fsp3) is 0.409. The van der Waals surface area contributed by atoms with Gasteiger partial charge in [0.2, 0.25) is 0 Å². The topological polar surface area (TPSA) is 83.4 Å². The maximum Gasteiger partial charge on any atom is 0.151 e. The van der Waals surface area contributed by atoms with Gasteiger partial charge in [0.25, 0.3) is 0 Å². The maximum atomic E-state index is 14.7. The largest absolute Gasteiger partial charge is 0.507 e. The zero-order chi connectivity index (χ0) is 21.4. The zero-order valence-corrected chi connectivity index (χ0v) is 18.0. The molecule has 0 spiro atoms. The van der Waals surface area contributed by atoms with Crippen LogP contribution in [0.4, 0.5) is 10.2 Å². The van der Waals surface area contributed by atoms with Crippen molar-refractivity contribution in [2.45, 2.75) is 31.8 Å². The van der Waals surface area contributed by atoms with Crippen molar-refractivity contribution in [3.63, 3.8) is 0 Å². The highest BCUT2D eigenvalue weighted by molar-refractivity contribution is 7.15. The van der Waals surface area contributed by atoms with E-state index in [1.165, 1.54) is 23.5 Å². The molecule has 0 aliphatic carbocycles. The van der Waals surface area contributed by atoms with Crippen molar-refractivity contribution in [2.24, 2.45) is 0 Å². The van der Waals surface area contributed by atoms with Gasteiger partial charge in [0, 0.05) is 49.1 Å². The number of thiazole rings is 1. The van der Waals surface area contributed by atoms with Gasteiger partial charge in [-0.3, -0.25) is 0 Å². The molecule has 2 N–H and O–H groups in total. The molecule has 3 aromatic rings. The van der Waals surface area contributed by atoms with Crippen LogP contribution in [0.2, 0.25) is 0 Å². The molecule has 4 heterocycles. The summed E-state index contributed by atoms with van der Waals surface area (Å²) in [7, 11) is 0. The van der Waals surface area contributed by atoms with Crippen molar-refractivity contribution >= 4 is 17.2 Å². The second kappa shape index (κ2) is 8.49. The Balaban J connectivity index is 1.30. The van der Waals surface area contributed by atoms with Crippen LogP contribution in [0.5, 0.6) is 5.75 Å². The van der Waals surface area contributed by atoms with Crippen LogP contribution >= 0.6 is 11.3 Å². The highest BCUT2D eigenvalue weighted by atomic mass is 32.1. The predicted octanol–water partition coefficient (Wildman–Crippen LogP) is 3.38. The second-order valence-electron chi connectivity index (χ2n) is 8.03. The van der Waals surface area contributed by atoms with Gasteiger partial charge in [-0.05, 0) is 44.0 Å². The number of benzene rings is 1. The van der Waals surface area contributed by atoms with Crippen molar-refractivity contribution in [1.29, 1.82) is 0 Å². The normalized spacial score (nSPS) is 21.2. The lowest BCUT2D eigenvalue weighted by atomic mass is 10.1. The molecule has 2 aliphatic heterocycles. The third-order valence-electron chi connectivity index (χ3n) is 5.81. The molecule has 31 heavy (non-hydrogen) atoms. The molecule has 2 saturated heterocycles. The lowest BCUT2D eigenvalue weighted by molar-refractivity contribution is 0.188. The summed E-state index contributed by atoms with van der Waals surface area (Å²) in [4.78, 5) is 7.03. The Labute approximate surface area is 183 Å². The van der Waals surface area contributed by atoms with Gasteiger partial charge in [-0.25, -0.2) is 9.37 Å². The monoisotopic (exact) mass is 441 g/mol. The number of phenolic OH excluding ortho intramolecular Hbond substituents is 1. The van der Waals surface area contributed by atoms with Crippen LogP contribution in [0.15, 0.2) is 30.5 Å². The van der Waals surface area contributed by atoms with Crippen molar-refractivity contribution in [2.75, 3.05) is 31.2 Å². The zero-order valence-electron chi connectivity index (χ0n) is 17.2. The Bertz CT molecular complexity index is 1070. The van der Waals surface area contributed by atoms with Crippen molar-refractivity contribution < 1.29 is 14.2 Å². The molecule has 1 unspecified atom stereocenters. The van der Waals surface area contributed by atoms with E-state index in [0.29, 0.717) is 33.8 Å². The molecule has 162 valence electrons. The van der Waals surface area contributed by atoms with E-state index in [4.69, 9.17) is 4.74 Å². The molecule has 0 saturated carbocycles. The number of halogens is 1. The smallest absolute Gasteiger partial charge is 0.151 e. The van der Waals surface area contributed by atoms with E-state index < -0.39 is 5.82 Å². The van der Waals surface area contributed by atoms with E-state index in [0.717, 1.165) is 50.0 Å². The number of hydrogen-bond acceptors (Lipinski definition) is 8. The van der Waals surface area contributed by atoms with E-state index in [9.17, 15) is 9.50 Å². The minimum atomic E-state index is -0.424. The lowest BCUT2D eigenvalue weighted by Gasteiger charge is -2.19. The Morgan fingerprint density at radius 1 is 1.19 bits per heavy atom. The van der Waals surface area contributed by atoms with Crippen LogP contribution < -0.4 is 10.2 Å². The molecule has 9 heteroatoms. The van der Waals surface area contributed by atoms with Crippen molar-refractivity contribution in [3.05, 3.63) is 41.3 Å². The summed E-state index contributed by atoms with van der Waals surface area (Å²) in [6.45, 7) is 5.25. The molecule has 0 bridgehead atoms. The molecule has 0 radical (unpaired) electrons.